The fourth-order valence-corrected chi connectivity index (χ4v) is 7.12. The molecular weight excluding hydrogens is 589 g/mol. The van der Waals surface area contributed by atoms with E-state index in [1.807, 2.05) is 46.8 Å². The van der Waals surface area contributed by atoms with Gasteiger partial charge in [-0.05, 0) is 57.9 Å². The average molecular weight is 632 g/mol. The van der Waals surface area contributed by atoms with Crippen molar-refractivity contribution in [3.63, 3.8) is 0 Å². The number of para-hydroxylation sites is 1. The number of rotatable bonds is 13. The van der Waals surface area contributed by atoms with Gasteiger partial charge < -0.3 is 29.2 Å². The zero-order chi connectivity index (χ0) is 31.7. The zero-order valence-corrected chi connectivity index (χ0v) is 26.9. The molecule has 13 nitrogen and oxygen atoms in total. The highest BCUT2D eigenvalue weighted by molar-refractivity contribution is 7.52. The minimum Gasteiger partial charge on any atom is -0.464 e. The minimum atomic E-state index is -4.15. The Morgan fingerprint density at radius 2 is 1.84 bits per heavy atom. The van der Waals surface area contributed by atoms with Crippen LogP contribution in [0.5, 0.6) is 5.75 Å². The third-order valence-corrected chi connectivity index (χ3v) is 9.77. The molecule has 2 saturated heterocycles. The number of ether oxygens (including phenoxy) is 4. The van der Waals surface area contributed by atoms with E-state index in [1.165, 1.54) is 6.33 Å². The molecule has 1 unspecified atom stereocenters. The molecule has 3 N–H and O–H groups in total. The van der Waals surface area contributed by atoms with Crippen molar-refractivity contribution >= 4 is 25.1 Å². The topological polar surface area (TPSA) is 158 Å². The number of nitrogens with one attached hydrogen (secondary N) is 1. The fraction of sp³-hybridized carbons (Fsp3) is 0.567. The zero-order valence-electron chi connectivity index (χ0n) is 26.0. The molecule has 4 heterocycles. The Labute approximate surface area is 257 Å². The number of hydrogen-bond donors (Lipinski definition) is 2. The molecule has 0 amide bonds. The summed E-state index contributed by atoms with van der Waals surface area (Å²) in [6, 6.07) is 11.3. The van der Waals surface area contributed by atoms with E-state index in [-0.39, 0.29) is 19.1 Å². The molecule has 0 saturated carbocycles. The monoisotopic (exact) mass is 631 g/mol. The summed E-state index contributed by atoms with van der Waals surface area (Å²) in [7, 11) is -4.15. The van der Waals surface area contributed by atoms with Crippen molar-refractivity contribution in [2.75, 3.05) is 18.9 Å². The number of nitrogens with zero attached hydrogens (tertiary/aromatic N) is 3. The number of anilines is 1. The Morgan fingerprint density at radius 3 is 2.55 bits per heavy atom. The van der Waals surface area contributed by atoms with Crippen LogP contribution in [0.2, 0.25) is 0 Å². The summed E-state index contributed by atoms with van der Waals surface area (Å²) in [4.78, 5) is 16.9. The van der Waals surface area contributed by atoms with Gasteiger partial charge in [-0.15, -0.1) is 0 Å². The molecular formula is C30H42N5O8P. The molecule has 6 atom stereocenters. The van der Waals surface area contributed by atoms with Crippen molar-refractivity contribution in [1.82, 2.24) is 19.7 Å². The molecule has 44 heavy (non-hydrogen) atoms. The van der Waals surface area contributed by atoms with Crippen molar-refractivity contribution in [2.24, 2.45) is 5.92 Å². The van der Waals surface area contributed by atoms with E-state index in [0.29, 0.717) is 22.8 Å². The third kappa shape index (κ3) is 6.63. The van der Waals surface area contributed by atoms with E-state index in [1.54, 1.807) is 41.8 Å². The van der Waals surface area contributed by atoms with E-state index in [0.717, 1.165) is 12.8 Å². The highest BCUT2D eigenvalue weighted by atomic mass is 31.2. The highest BCUT2D eigenvalue weighted by Crippen LogP contribution is 2.51. The number of carbonyl (C=O) groups excluding carboxylic acids is 1. The highest BCUT2D eigenvalue weighted by Gasteiger charge is 2.62. The fourth-order valence-electron chi connectivity index (χ4n) is 5.62. The van der Waals surface area contributed by atoms with Crippen LogP contribution in [0, 0.1) is 5.92 Å². The van der Waals surface area contributed by atoms with Gasteiger partial charge in [0.05, 0.1) is 18.9 Å². The summed E-state index contributed by atoms with van der Waals surface area (Å²) >= 11 is 0. The molecule has 0 bridgehead atoms. The molecule has 3 aromatic rings. The summed E-state index contributed by atoms with van der Waals surface area (Å²) in [5.41, 5.74) is 6.33. The SMILES string of the molecule is CCC(CC)COC(=O)[C@H](C)N[P@](=O)(OCC1O[C@@](C)(c2ccc3c(N)ncnn23)[C@@H]2OC(C)(C)O[C@H]12)Oc1ccccc1. The first-order valence-corrected chi connectivity index (χ1v) is 16.5. The maximum atomic E-state index is 14.2. The summed E-state index contributed by atoms with van der Waals surface area (Å²) in [5, 5.41) is 7.14. The van der Waals surface area contributed by atoms with E-state index >= 15 is 0 Å². The Morgan fingerprint density at radius 1 is 1.11 bits per heavy atom. The van der Waals surface area contributed by atoms with Gasteiger partial charge in [-0.2, -0.15) is 10.2 Å². The summed E-state index contributed by atoms with van der Waals surface area (Å²) in [6.45, 7) is 11.2. The predicted octanol–water partition coefficient (Wildman–Crippen LogP) is 4.61. The van der Waals surface area contributed by atoms with Gasteiger partial charge in [0.25, 0.3) is 0 Å². The van der Waals surface area contributed by atoms with E-state index in [2.05, 4.69) is 15.2 Å². The lowest BCUT2D eigenvalue weighted by molar-refractivity contribution is -0.211. The molecule has 0 aliphatic carbocycles. The number of fused-ring (bicyclic) bond motifs is 2. The number of nitrogen functional groups attached to an aromatic ring is 1. The van der Waals surface area contributed by atoms with E-state index < -0.39 is 49.5 Å². The molecule has 5 rings (SSSR count). The number of benzene rings is 1. The number of carbonyl (C=O) groups is 1. The number of nitrogens with two attached hydrogens (primary N) is 1. The predicted molar refractivity (Wildman–Crippen MR) is 162 cm³/mol. The lowest BCUT2D eigenvalue weighted by atomic mass is 9.93. The second kappa shape index (κ2) is 12.7. The lowest BCUT2D eigenvalue weighted by Gasteiger charge is -2.31. The number of esters is 1. The van der Waals surface area contributed by atoms with Crippen molar-refractivity contribution in [1.29, 1.82) is 0 Å². The Bertz CT molecular complexity index is 1500. The maximum Gasteiger partial charge on any atom is 0.459 e. The standard InChI is InChI=1S/C30H42N5O8P/c1-7-20(8-2)16-38-28(36)19(3)34-44(37,43-21-12-10-9-11-13-21)39-17-23-25-26(42-29(4,5)41-25)30(6,40-23)24-15-14-22-27(31)32-18-33-35(22)24/h9-15,18-20,23,25-26H,7-8,16-17H2,1-6H3,(H,34,37)(H2,31,32,33)/t19-,23?,25+,26+,30-,44-/m0/s1. The summed E-state index contributed by atoms with van der Waals surface area (Å²) < 4.78 is 52.4. The van der Waals surface area contributed by atoms with Crippen LogP contribution in [-0.4, -0.2) is 63.9 Å². The Hall–Kier alpha value is -3.06. The number of aromatic nitrogens is 3. The molecule has 2 aliphatic heterocycles. The molecule has 240 valence electrons. The largest absolute Gasteiger partial charge is 0.464 e. The van der Waals surface area contributed by atoms with Crippen LogP contribution in [0.25, 0.3) is 5.52 Å². The van der Waals surface area contributed by atoms with Crippen LogP contribution < -0.4 is 15.3 Å². The average Bonchev–Trinajstić information content (AvgIpc) is 3.64. The molecule has 1 aromatic carbocycles. The van der Waals surface area contributed by atoms with E-state index in [9.17, 15) is 9.36 Å². The van der Waals surface area contributed by atoms with Gasteiger partial charge in [-0.1, -0.05) is 44.9 Å². The molecule has 0 spiro atoms. The van der Waals surface area contributed by atoms with Crippen LogP contribution >= 0.6 is 7.75 Å². The maximum absolute atomic E-state index is 14.2. The van der Waals surface area contributed by atoms with Gasteiger partial charge in [0.2, 0.25) is 0 Å². The molecule has 2 aliphatic rings. The third-order valence-electron chi connectivity index (χ3n) is 8.12. The smallest absolute Gasteiger partial charge is 0.459 e. The van der Waals surface area contributed by atoms with Crippen LogP contribution in [-0.2, 0) is 38.4 Å². The minimum absolute atomic E-state index is 0.205. The first-order valence-electron chi connectivity index (χ1n) is 14.9. The molecule has 2 aromatic heterocycles. The van der Waals surface area contributed by atoms with Crippen molar-refractivity contribution in [3.05, 3.63) is 54.5 Å². The van der Waals surface area contributed by atoms with E-state index in [4.69, 9.17) is 33.7 Å². The van der Waals surface area contributed by atoms with Gasteiger partial charge in [-0.3, -0.25) is 9.32 Å². The summed E-state index contributed by atoms with van der Waals surface area (Å²) in [6.07, 6.45) is 1.25. The van der Waals surface area contributed by atoms with Crippen LogP contribution in [0.15, 0.2) is 48.8 Å². The molecule has 2 fully saturated rings. The van der Waals surface area contributed by atoms with Crippen molar-refractivity contribution in [3.8, 4) is 5.75 Å². The molecule has 14 heteroatoms. The van der Waals surface area contributed by atoms with Gasteiger partial charge >= 0.3 is 13.7 Å². The Kier molecular flexibility index (Phi) is 9.36. The van der Waals surface area contributed by atoms with Gasteiger partial charge in [0.15, 0.2) is 11.6 Å². The van der Waals surface area contributed by atoms with Gasteiger partial charge in [0.1, 0.15) is 47.5 Å². The first kappa shape index (κ1) is 32.3. The van der Waals surface area contributed by atoms with Crippen molar-refractivity contribution in [2.45, 2.75) is 90.1 Å². The normalized spacial score (nSPS) is 26.4. The number of hydrogen-bond acceptors (Lipinski definition) is 11. The quantitative estimate of drug-likeness (QED) is 0.200. The summed E-state index contributed by atoms with van der Waals surface area (Å²) in [5.74, 6) is -0.608. The van der Waals surface area contributed by atoms with Gasteiger partial charge in [-0.25, -0.2) is 14.1 Å². The van der Waals surface area contributed by atoms with Crippen LogP contribution in [0.3, 0.4) is 0 Å². The van der Waals surface area contributed by atoms with Gasteiger partial charge in [0, 0.05) is 0 Å². The molecule has 0 radical (unpaired) electrons. The van der Waals surface area contributed by atoms with Crippen LogP contribution in [0.1, 0.15) is 60.1 Å². The lowest BCUT2D eigenvalue weighted by Crippen LogP contribution is -2.39. The first-order chi connectivity index (χ1) is 20.9. The van der Waals surface area contributed by atoms with Crippen molar-refractivity contribution < 1.29 is 37.4 Å². The Balaban J connectivity index is 1.37. The van der Waals surface area contributed by atoms with Crippen LogP contribution in [0.4, 0.5) is 5.82 Å². The second-order valence-electron chi connectivity index (χ2n) is 11.8. The second-order valence-corrected chi connectivity index (χ2v) is 13.5.